The van der Waals surface area contributed by atoms with Crippen LogP contribution < -0.4 is 15.4 Å². The molecule has 3 aromatic rings. The van der Waals surface area contributed by atoms with E-state index in [1.165, 1.54) is 36.7 Å². The predicted molar refractivity (Wildman–Crippen MR) is 114 cm³/mol. The molecule has 30 heavy (non-hydrogen) atoms. The van der Waals surface area contributed by atoms with Gasteiger partial charge in [0.1, 0.15) is 0 Å². The van der Waals surface area contributed by atoms with E-state index in [1.807, 2.05) is 0 Å². The largest absolute Gasteiger partial charge is 0.343 e. The van der Waals surface area contributed by atoms with Gasteiger partial charge < -0.3 is 10.6 Å². The molecule has 0 aliphatic carbocycles. The highest BCUT2D eigenvalue weighted by atomic mass is 79.9. The number of anilines is 2. The maximum absolute atomic E-state index is 12.3. The average molecular weight is 490 g/mol. The molecule has 0 radical (unpaired) electrons. The summed E-state index contributed by atoms with van der Waals surface area (Å²) in [6, 6.07) is 14.0. The van der Waals surface area contributed by atoms with Crippen molar-refractivity contribution in [3.8, 4) is 0 Å². The summed E-state index contributed by atoms with van der Waals surface area (Å²) in [7, 11) is -3.86. The quantitative estimate of drug-likeness (QED) is 0.467. The first kappa shape index (κ1) is 21.4. The molecule has 0 saturated carbocycles. The molecule has 9 nitrogen and oxygen atoms in total. The molecule has 3 rings (SSSR count). The summed E-state index contributed by atoms with van der Waals surface area (Å²) in [6.45, 7) is -0.243. The highest BCUT2D eigenvalue weighted by molar-refractivity contribution is 9.10. The van der Waals surface area contributed by atoms with Crippen LogP contribution in [0.3, 0.4) is 0 Å². The molecule has 0 unspecified atom stereocenters. The van der Waals surface area contributed by atoms with E-state index in [2.05, 4.69) is 41.3 Å². The minimum atomic E-state index is -3.86. The number of rotatable bonds is 7. The van der Waals surface area contributed by atoms with Gasteiger partial charge in [0.2, 0.25) is 11.9 Å². The first-order valence-corrected chi connectivity index (χ1v) is 10.9. The van der Waals surface area contributed by atoms with Crippen LogP contribution in [0.15, 0.2) is 76.4 Å². The maximum Gasteiger partial charge on any atom is 0.264 e. The van der Waals surface area contributed by atoms with E-state index in [9.17, 15) is 18.0 Å². The van der Waals surface area contributed by atoms with Gasteiger partial charge in [0.05, 0.1) is 17.0 Å². The molecule has 3 N–H and O–H groups in total. The number of sulfonamides is 1. The van der Waals surface area contributed by atoms with E-state index in [0.717, 1.165) is 0 Å². The number of aromatic nitrogens is 2. The zero-order chi connectivity index (χ0) is 21.6. The van der Waals surface area contributed by atoms with Crippen LogP contribution >= 0.6 is 15.9 Å². The molecule has 0 bridgehead atoms. The summed E-state index contributed by atoms with van der Waals surface area (Å²) in [6.07, 6.45) is 2.83. The number of hydrogen-bond acceptors (Lipinski definition) is 6. The molecule has 0 aliphatic heterocycles. The van der Waals surface area contributed by atoms with Crippen LogP contribution in [-0.4, -0.2) is 36.7 Å². The van der Waals surface area contributed by atoms with Gasteiger partial charge >= 0.3 is 0 Å². The molecule has 2 aromatic carbocycles. The normalized spacial score (nSPS) is 10.8. The Morgan fingerprint density at radius 1 is 0.933 bits per heavy atom. The molecule has 2 amide bonds. The first-order valence-electron chi connectivity index (χ1n) is 8.57. The smallest absolute Gasteiger partial charge is 0.264 e. The minimum Gasteiger partial charge on any atom is -0.343 e. The minimum absolute atomic E-state index is 0.0183. The van der Waals surface area contributed by atoms with Crippen molar-refractivity contribution in [1.82, 2.24) is 15.3 Å². The number of amides is 2. The van der Waals surface area contributed by atoms with Gasteiger partial charge in [-0.15, -0.1) is 0 Å². The van der Waals surface area contributed by atoms with Gasteiger partial charge in [-0.05, 0) is 58.4 Å². The van der Waals surface area contributed by atoms with Crippen LogP contribution in [0.4, 0.5) is 11.6 Å². The van der Waals surface area contributed by atoms with E-state index in [1.54, 1.807) is 30.3 Å². The lowest BCUT2D eigenvalue weighted by molar-refractivity contribution is -0.115. The highest BCUT2D eigenvalue weighted by Gasteiger charge is 2.16. The van der Waals surface area contributed by atoms with Crippen LogP contribution in [0.2, 0.25) is 0 Å². The summed E-state index contributed by atoms with van der Waals surface area (Å²) in [5.41, 5.74) is 0.791. The molecule has 11 heteroatoms. The second kappa shape index (κ2) is 9.46. The third-order valence-corrected chi connectivity index (χ3v) is 5.80. The van der Waals surface area contributed by atoms with Crippen molar-refractivity contribution in [2.24, 2.45) is 0 Å². The van der Waals surface area contributed by atoms with Gasteiger partial charge in [-0.25, -0.2) is 23.1 Å². The Labute approximate surface area is 181 Å². The van der Waals surface area contributed by atoms with Crippen molar-refractivity contribution in [3.05, 3.63) is 77.0 Å². The molecule has 0 fully saturated rings. The van der Waals surface area contributed by atoms with Gasteiger partial charge in [0.25, 0.3) is 15.9 Å². The number of nitrogens with zero attached hydrogens (tertiary/aromatic N) is 2. The van der Waals surface area contributed by atoms with Crippen LogP contribution in [0, 0.1) is 0 Å². The molecule has 0 atom stereocenters. The number of hydrogen-bond donors (Lipinski definition) is 3. The molecule has 1 heterocycles. The predicted octanol–water partition coefficient (Wildman–Crippen LogP) is 2.41. The standard InChI is InChI=1S/C19H16BrN5O4S/c20-16-5-2-1-4-15(16)18(27)23-12-17(26)24-13-6-8-14(9-7-13)30(28,29)25-19-21-10-3-11-22-19/h1-11H,12H2,(H,23,27)(H,24,26)(H,21,22,25). The van der Waals surface area contributed by atoms with Gasteiger partial charge in [-0.3, -0.25) is 9.59 Å². The van der Waals surface area contributed by atoms with Crippen molar-refractivity contribution in [2.75, 3.05) is 16.6 Å². The molecule has 0 saturated heterocycles. The second-order valence-corrected chi connectivity index (χ2v) is 8.45. The van der Waals surface area contributed by atoms with Gasteiger partial charge in [-0.2, -0.15) is 0 Å². The van der Waals surface area contributed by atoms with Crippen molar-refractivity contribution >= 4 is 49.4 Å². The molecule has 154 valence electrons. The fourth-order valence-corrected chi connectivity index (χ4v) is 3.78. The highest BCUT2D eigenvalue weighted by Crippen LogP contribution is 2.17. The Bertz CT molecular complexity index is 1160. The molecule has 1 aromatic heterocycles. The topological polar surface area (TPSA) is 130 Å². The zero-order valence-corrected chi connectivity index (χ0v) is 17.8. The summed E-state index contributed by atoms with van der Waals surface area (Å²) in [4.78, 5) is 31.8. The monoisotopic (exact) mass is 489 g/mol. The molecule has 0 spiro atoms. The number of benzene rings is 2. The second-order valence-electron chi connectivity index (χ2n) is 5.91. The fourth-order valence-electron chi connectivity index (χ4n) is 2.35. The summed E-state index contributed by atoms with van der Waals surface area (Å²) in [5.74, 6) is -0.897. The first-order chi connectivity index (χ1) is 14.3. The van der Waals surface area contributed by atoms with E-state index >= 15 is 0 Å². The van der Waals surface area contributed by atoms with Crippen molar-refractivity contribution in [3.63, 3.8) is 0 Å². The SMILES string of the molecule is O=C(CNC(=O)c1ccccc1Br)Nc1ccc(S(=O)(=O)Nc2ncccn2)cc1. The van der Waals surface area contributed by atoms with E-state index in [4.69, 9.17) is 0 Å². The van der Waals surface area contributed by atoms with Crippen molar-refractivity contribution in [1.29, 1.82) is 0 Å². The Balaban J connectivity index is 1.57. The zero-order valence-electron chi connectivity index (χ0n) is 15.4. The van der Waals surface area contributed by atoms with E-state index < -0.39 is 21.8 Å². The number of carbonyl (C=O) groups is 2. The summed E-state index contributed by atoms with van der Waals surface area (Å²) < 4.78 is 27.6. The van der Waals surface area contributed by atoms with Crippen LogP contribution in [-0.2, 0) is 14.8 Å². The van der Waals surface area contributed by atoms with Gasteiger partial charge in [0.15, 0.2) is 0 Å². The Morgan fingerprint density at radius 3 is 2.27 bits per heavy atom. The third kappa shape index (κ3) is 5.61. The third-order valence-electron chi connectivity index (χ3n) is 3.77. The Hall–Kier alpha value is -3.31. The molecular weight excluding hydrogens is 474 g/mol. The van der Waals surface area contributed by atoms with Crippen LogP contribution in [0.5, 0.6) is 0 Å². The van der Waals surface area contributed by atoms with Gasteiger partial charge in [0, 0.05) is 22.6 Å². The Kier molecular flexibility index (Phi) is 6.75. The van der Waals surface area contributed by atoms with E-state index in [0.29, 0.717) is 15.7 Å². The molecule has 0 aliphatic rings. The van der Waals surface area contributed by atoms with Crippen molar-refractivity contribution < 1.29 is 18.0 Å². The van der Waals surface area contributed by atoms with E-state index in [-0.39, 0.29) is 17.4 Å². The number of nitrogens with one attached hydrogen (secondary N) is 3. The summed E-state index contributed by atoms with van der Waals surface area (Å²) >= 11 is 3.28. The fraction of sp³-hybridized carbons (Fsp3) is 0.0526. The van der Waals surface area contributed by atoms with Crippen LogP contribution in [0.25, 0.3) is 0 Å². The van der Waals surface area contributed by atoms with Crippen molar-refractivity contribution in [2.45, 2.75) is 4.90 Å². The summed E-state index contributed by atoms with van der Waals surface area (Å²) in [5, 5.41) is 5.11. The Morgan fingerprint density at radius 2 is 1.60 bits per heavy atom. The van der Waals surface area contributed by atoms with Gasteiger partial charge in [-0.1, -0.05) is 12.1 Å². The lowest BCUT2D eigenvalue weighted by Crippen LogP contribution is -2.33. The van der Waals surface area contributed by atoms with Crippen LogP contribution in [0.1, 0.15) is 10.4 Å². The lowest BCUT2D eigenvalue weighted by Gasteiger charge is -2.09. The number of halogens is 1. The molecular formula is C19H16BrN5O4S. The lowest BCUT2D eigenvalue weighted by atomic mass is 10.2. The maximum atomic E-state index is 12.3. The average Bonchev–Trinajstić information content (AvgIpc) is 2.73. The number of carbonyl (C=O) groups excluding carboxylic acids is 2.